The van der Waals surface area contributed by atoms with Gasteiger partial charge in [-0.25, -0.2) is 8.42 Å². The summed E-state index contributed by atoms with van der Waals surface area (Å²) in [6.07, 6.45) is 1.22. The Morgan fingerprint density at radius 1 is 0.706 bits per heavy atom. The highest BCUT2D eigenvalue weighted by Gasteiger charge is 2.27. The zero-order valence-electron chi connectivity index (χ0n) is 21.5. The quantitative estimate of drug-likeness (QED) is 0.400. The van der Waals surface area contributed by atoms with E-state index in [2.05, 4.69) is 72.7 Å². The molecule has 0 aliphatic rings. The van der Waals surface area contributed by atoms with Crippen LogP contribution in [-0.2, 0) is 20.7 Å². The van der Waals surface area contributed by atoms with Gasteiger partial charge in [-0.1, -0.05) is 84.0 Å². The molecule has 3 aromatic rings. The van der Waals surface area contributed by atoms with Crippen LogP contribution in [0.4, 0.5) is 0 Å². The van der Waals surface area contributed by atoms with E-state index in [1.807, 2.05) is 30.3 Å². The zero-order valence-corrected chi connectivity index (χ0v) is 22.3. The number of sulfone groups is 1. The van der Waals surface area contributed by atoms with E-state index in [4.69, 9.17) is 0 Å². The van der Waals surface area contributed by atoms with E-state index in [9.17, 15) is 13.5 Å². The van der Waals surface area contributed by atoms with Gasteiger partial charge in [-0.05, 0) is 69.9 Å². The van der Waals surface area contributed by atoms with E-state index in [0.717, 1.165) is 39.0 Å². The molecule has 180 valence electrons. The van der Waals surface area contributed by atoms with Gasteiger partial charge in [0, 0.05) is 17.4 Å². The number of rotatable bonds is 4. The minimum absolute atomic E-state index is 0.232. The third-order valence-corrected chi connectivity index (χ3v) is 7.30. The van der Waals surface area contributed by atoms with Crippen LogP contribution in [0.2, 0.25) is 0 Å². The summed E-state index contributed by atoms with van der Waals surface area (Å²) < 4.78 is 24.0. The molecule has 34 heavy (non-hydrogen) atoms. The van der Waals surface area contributed by atoms with Crippen LogP contribution in [0, 0.1) is 0 Å². The van der Waals surface area contributed by atoms with E-state index in [-0.39, 0.29) is 10.8 Å². The second kappa shape index (κ2) is 9.07. The van der Waals surface area contributed by atoms with Crippen molar-refractivity contribution in [1.82, 2.24) is 0 Å². The van der Waals surface area contributed by atoms with Gasteiger partial charge in [0.25, 0.3) is 0 Å². The molecule has 3 nitrogen and oxygen atoms in total. The second-order valence-electron chi connectivity index (χ2n) is 11.1. The predicted octanol–water partition coefficient (Wildman–Crippen LogP) is 7.37. The van der Waals surface area contributed by atoms with Gasteiger partial charge >= 0.3 is 0 Å². The van der Waals surface area contributed by atoms with Crippen molar-refractivity contribution in [3.63, 3.8) is 0 Å². The molecule has 0 spiro atoms. The Labute approximate surface area is 205 Å². The fourth-order valence-electron chi connectivity index (χ4n) is 4.21. The lowest BCUT2D eigenvalue weighted by molar-refractivity contribution is 0.423. The molecule has 4 heteroatoms. The summed E-state index contributed by atoms with van der Waals surface area (Å²) in [5.74, 6) is 0.357. The molecule has 0 amide bonds. The molecule has 3 rings (SSSR count). The van der Waals surface area contributed by atoms with Crippen LogP contribution in [0.15, 0.2) is 71.6 Å². The number of aromatic hydroxyl groups is 1. The van der Waals surface area contributed by atoms with Crippen LogP contribution in [0.25, 0.3) is 11.1 Å². The summed E-state index contributed by atoms with van der Waals surface area (Å²) in [7, 11) is -3.27. The van der Waals surface area contributed by atoms with Crippen molar-refractivity contribution in [3.8, 4) is 5.75 Å². The fourth-order valence-corrected chi connectivity index (χ4v) is 4.84. The predicted molar refractivity (Wildman–Crippen MR) is 143 cm³/mol. The molecule has 0 radical (unpaired) electrons. The zero-order chi connectivity index (χ0) is 25.5. The molecule has 1 N–H and O–H groups in total. The molecule has 0 unspecified atom stereocenters. The van der Waals surface area contributed by atoms with Gasteiger partial charge in [-0.15, -0.1) is 0 Å². The Bertz CT molecular complexity index is 1280. The van der Waals surface area contributed by atoms with E-state index in [1.165, 1.54) is 6.26 Å². The van der Waals surface area contributed by atoms with Crippen LogP contribution >= 0.6 is 0 Å². The highest BCUT2D eigenvalue weighted by atomic mass is 32.2. The molecule has 0 aliphatic carbocycles. The van der Waals surface area contributed by atoms with Gasteiger partial charge < -0.3 is 5.11 Å². The summed E-state index contributed by atoms with van der Waals surface area (Å²) in [5.41, 5.74) is 6.49. The third-order valence-electron chi connectivity index (χ3n) is 6.17. The van der Waals surface area contributed by atoms with Crippen molar-refractivity contribution in [1.29, 1.82) is 0 Å². The van der Waals surface area contributed by atoms with Gasteiger partial charge in [-0.3, -0.25) is 0 Å². The Hall–Kier alpha value is -2.85. The molecule has 0 saturated heterocycles. The molecule has 0 aliphatic heterocycles. The van der Waals surface area contributed by atoms with Gasteiger partial charge in [-0.2, -0.15) is 0 Å². The molecular weight excluding hydrogens is 440 g/mol. The van der Waals surface area contributed by atoms with E-state index in [0.29, 0.717) is 10.6 Å². The number of hydrogen-bond donors (Lipinski definition) is 1. The second-order valence-corrected chi connectivity index (χ2v) is 13.1. The number of allylic oxidation sites excluding steroid dienone is 1. The number of phenolic OH excluding ortho intramolecular Hbond substituents is 1. The van der Waals surface area contributed by atoms with E-state index >= 15 is 0 Å². The number of hydrogen-bond acceptors (Lipinski definition) is 3. The first-order chi connectivity index (χ1) is 15.6. The third kappa shape index (κ3) is 5.44. The number of phenols is 1. The first-order valence-corrected chi connectivity index (χ1v) is 13.4. The maximum Gasteiger partial charge on any atom is 0.175 e. The summed E-state index contributed by atoms with van der Waals surface area (Å²) in [4.78, 5) is 0.302. The molecule has 3 aromatic carbocycles. The molecule has 0 fully saturated rings. The normalized spacial score (nSPS) is 13.5. The standard InChI is InChI=1S/C30H36O3S/c1-20(23-18-25(29(2,3)4)28(31)26(19-23)30(5,6)7)27(21-12-10-9-11-13-21)22-14-16-24(17-15-22)34(8,32)33/h9-19,31H,1-8H3/b27-20-. The fraction of sp³-hybridized carbons (Fsp3) is 0.333. The SMILES string of the molecule is C/C(=C(\c1ccccc1)c1ccc(S(C)(=O)=O)cc1)c1cc(C(C)(C)C)c(O)c(C(C)(C)C)c1. The Morgan fingerprint density at radius 2 is 1.15 bits per heavy atom. The molecule has 0 aromatic heterocycles. The van der Waals surface area contributed by atoms with Crippen LogP contribution in [0.3, 0.4) is 0 Å². The molecule has 0 atom stereocenters. The first-order valence-electron chi connectivity index (χ1n) is 11.6. The molecule has 0 saturated carbocycles. The average molecular weight is 477 g/mol. The Kier molecular flexibility index (Phi) is 6.87. The summed E-state index contributed by atoms with van der Waals surface area (Å²) in [6.45, 7) is 14.8. The summed E-state index contributed by atoms with van der Waals surface area (Å²) >= 11 is 0. The van der Waals surface area contributed by atoms with Gasteiger partial charge in [0.2, 0.25) is 0 Å². The van der Waals surface area contributed by atoms with Crippen molar-refractivity contribution < 1.29 is 13.5 Å². The van der Waals surface area contributed by atoms with Crippen LogP contribution in [-0.4, -0.2) is 19.8 Å². The first kappa shape index (κ1) is 25.8. The number of benzene rings is 3. The van der Waals surface area contributed by atoms with Gasteiger partial charge in [0.15, 0.2) is 9.84 Å². The van der Waals surface area contributed by atoms with Crippen molar-refractivity contribution in [3.05, 3.63) is 94.5 Å². The van der Waals surface area contributed by atoms with Crippen LogP contribution in [0.1, 0.15) is 76.3 Å². The van der Waals surface area contributed by atoms with Crippen molar-refractivity contribution >= 4 is 21.0 Å². The lowest BCUT2D eigenvalue weighted by Crippen LogP contribution is -2.17. The van der Waals surface area contributed by atoms with Crippen molar-refractivity contribution in [2.75, 3.05) is 6.26 Å². The summed E-state index contributed by atoms with van der Waals surface area (Å²) in [5, 5.41) is 11.2. The van der Waals surface area contributed by atoms with E-state index < -0.39 is 9.84 Å². The maximum atomic E-state index is 12.0. The summed E-state index contributed by atoms with van der Waals surface area (Å²) in [6, 6.07) is 21.4. The maximum absolute atomic E-state index is 12.0. The van der Waals surface area contributed by atoms with Crippen LogP contribution < -0.4 is 0 Å². The largest absolute Gasteiger partial charge is 0.507 e. The lowest BCUT2D eigenvalue weighted by Gasteiger charge is -2.29. The lowest BCUT2D eigenvalue weighted by atomic mass is 9.77. The minimum Gasteiger partial charge on any atom is -0.507 e. The van der Waals surface area contributed by atoms with Crippen molar-refractivity contribution in [2.24, 2.45) is 0 Å². The van der Waals surface area contributed by atoms with Crippen LogP contribution in [0.5, 0.6) is 5.75 Å². The Morgan fingerprint density at radius 3 is 1.56 bits per heavy atom. The van der Waals surface area contributed by atoms with Gasteiger partial charge in [0.05, 0.1) is 4.90 Å². The van der Waals surface area contributed by atoms with E-state index in [1.54, 1.807) is 12.1 Å². The molecule has 0 bridgehead atoms. The molecule has 0 heterocycles. The minimum atomic E-state index is -3.27. The highest BCUT2D eigenvalue weighted by molar-refractivity contribution is 7.90. The smallest absolute Gasteiger partial charge is 0.175 e. The molecular formula is C30H36O3S. The van der Waals surface area contributed by atoms with Crippen molar-refractivity contribution in [2.45, 2.75) is 64.2 Å². The monoisotopic (exact) mass is 476 g/mol. The highest BCUT2D eigenvalue weighted by Crippen LogP contribution is 2.42. The van der Waals surface area contributed by atoms with Gasteiger partial charge in [0.1, 0.15) is 5.75 Å². The topological polar surface area (TPSA) is 54.4 Å². The Balaban J connectivity index is 2.36. The average Bonchev–Trinajstić information content (AvgIpc) is 2.73.